The van der Waals surface area contributed by atoms with Crippen LogP contribution in [0.25, 0.3) is 0 Å². The number of aliphatic carboxylic acids is 1. The fourth-order valence-electron chi connectivity index (χ4n) is 2.79. The molecule has 4 atom stereocenters. The van der Waals surface area contributed by atoms with Gasteiger partial charge in [0, 0.05) is 12.0 Å². The van der Waals surface area contributed by atoms with Crippen LogP contribution in [0.3, 0.4) is 0 Å². The van der Waals surface area contributed by atoms with Gasteiger partial charge in [-0.3, -0.25) is 9.59 Å². The summed E-state index contributed by atoms with van der Waals surface area (Å²) >= 11 is 0. The Kier molecular flexibility index (Phi) is 3.12. The molecule has 1 saturated heterocycles. The molecule has 1 heterocycles. The van der Waals surface area contributed by atoms with Gasteiger partial charge in [-0.1, -0.05) is 6.58 Å². The molecule has 6 heteroatoms. The van der Waals surface area contributed by atoms with Gasteiger partial charge in [0.25, 0.3) is 0 Å². The highest BCUT2D eigenvalue weighted by atomic mass is 16.6. The zero-order valence-corrected chi connectivity index (χ0v) is 10.8. The lowest BCUT2D eigenvalue weighted by molar-refractivity contribution is -0.182. The summed E-state index contributed by atoms with van der Waals surface area (Å²) in [6.07, 6.45) is -0.460. The monoisotopic (exact) mass is 268 g/mol. The Morgan fingerprint density at radius 1 is 1.53 bits per heavy atom. The summed E-state index contributed by atoms with van der Waals surface area (Å²) in [4.78, 5) is 34.5. The van der Waals surface area contributed by atoms with Crippen molar-refractivity contribution in [3.63, 3.8) is 0 Å². The van der Waals surface area contributed by atoms with Gasteiger partial charge in [-0.15, -0.1) is 0 Å². The van der Waals surface area contributed by atoms with E-state index in [9.17, 15) is 19.5 Å². The van der Waals surface area contributed by atoms with Gasteiger partial charge in [0.1, 0.15) is 5.60 Å². The van der Waals surface area contributed by atoms with Gasteiger partial charge >= 0.3 is 17.9 Å². The molecule has 2 aliphatic rings. The summed E-state index contributed by atoms with van der Waals surface area (Å²) in [5.74, 6) is -3.53. The molecule has 2 rings (SSSR count). The molecule has 19 heavy (non-hydrogen) atoms. The van der Waals surface area contributed by atoms with Crippen LogP contribution in [0.15, 0.2) is 12.2 Å². The van der Waals surface area contributed by atoms with Gasteiger partial charge < -0.3 is 14.6 Å². The highest BCUT2D eigenvalue weighted by Gasteiger charge is 2.59. The summed E-state index contributed by atoms with van der Waals surface area (Å²) in [6.45, 7) is 6.55. The average Bonchev–Trinajstić information content (AvgIpc) is 2.53. The predicted octanol–water partition coefficient (Wildman–Crippen LogP) is 0.901. The summed E-state index contributed by atoms with van der Waals surface area (Å²) in [6, 6.07) is 0. The molecule has 1 aliphatic heterocycles. The highest BCUT2D eigenvalue weighted by molar-refractivity contribution is 5.88. The van der Waals surface area contributed by atoms with E-state index in [1.54, 1.807) is 6.92 Å². The zero-order chi connectivity index (χ0) is 14.4. The van der Waals surface area contributed by atoms with Crippen molar-refractivity contribution < 1.29 is 29.0 Å². The van der Waals surface area contributed by atoms with E-state index in [0.29, 0.717) is 6.42 Å². The molecule has 4 unspecified atom stereocenters. The van der Waals surface area contributed by atoms with Crippen LogP contribution in [0, 0.1) is 11.8 Å². The Hall–Kier alpha value is -1.85. The second-order valence-electron chi connectivity index (χ2n) is 5.42. The largest absolute Gasteiger partial charge is 0.481 e. The van der Waals surface area contributed by atoms with Crippen LogP contribution < -0.4 is 0 Å². The molecule has 1 N–H and O–H groups in total. The van der Waals surface area contributed by atoms with Crippen molar-refractivity contribution in [3.8, 4) is 0 Å². The molecule has 104 valence electrons. The normalized spacial score (nSPS) is 36.5. The lowest BCUT2D eigenvalue weighted by atomic mass is 9.73. The standard InChI is InChI=1S/C13H16O6/c1-6(2)11(16)18-9-8(10(14)15)4-7-5-13(9,3)19-12(7)17/h7-9H,1,4-5H2,2-3H3,(H,14,15). The molecular formula is C13H16O6. The molecule has 6 nitrogen and oxygen atoms in total. The van der Waals surface area contributed by atoms with Crippen molar-refractivity contribution in [1.82, 2.24) is 0 Å². The number of carbonyl (C=O) groups excluding carboxylic acids is 2. The first-order valence-corrected chi connectivity index (χ1v) is 6.07. The molecule has 0 radical (unpaired) electrons. The molecule has 0 amide bonds. The van der Waals surface area contributed by atoms with Crippen molar-refractivity contribution in [2.45, 2.75) is 38.4 Å². The maximum atomic E-state index is 11.6. The fourth-order valence-corrected chi connectivity index (χ4v) is 2.79. The quantitative estimate of drug-likeness (QED) is 0.604. The maximum Gasteiger partial charge on any atom is 0.333 e. The van der Waals surface area contributed by atoms with Crippen LogP contribution >= 0.6 is 0 Å². The van der Waals surface area contributed by atoms with E-state index in [0.717, 1.165) is 0 Å². The van der Waals surface area contributed by atoms with Gasteiger partial charge in [-0.05, 0) is 20.3 Å². The van der Waals surface area contributed by atoms with Crippen LogP contribution in [0.1, 0.15) is 26.7 Å². The second kappa shape index (κ2) is 4.36. The molecule has 0 aromatic rings. The molecule has 2 fully saturated rings. The summed E-state index contributed by atoms with van der Waals surface area (Å²) in [7, 11) is 0. The number of carboxylic acid groups (broad SMARTS) is 1. The van der Waals surface area contributed by atoms with Crippen LogP contribution in [0.5, 0.6) is 0 Å². The summed E-state index contributed by atoms with van der Waals surface area (Å²) in [5, 5.41) is 9.24. The van der Waals surface area contributed by atoms with Gasteiger partial charge in [-0.25, -0.2) is 4.79 Å². The number of hydrogen-bond donors (Lipinski definition) is 1. The van der Waals surface area contributed by atoms with Crippen LogP contribution in [-0.4, -0.2) is 34.7 Å². The molecule has 1 aliphatic carbocycles. The number of carbonyl (C=O) groups is 3. The first-order valence-electron chi connectivity index (χ1n) is 6.07. The van der Waals surface area contributed by atoms with E-state index in [2.05, 4.69) is 6.58 Å². The van der Waals surface area contributed by atoms with Crippen LogP contribution in [0.2, 0.25) is 0 Å². The Morgan fingerprint density at radius 3 is 2.68 bits per heavy atom. The molecule has 0 spiro atoms. The summed E-state index contributed by atoms with van der Waals surface area (Å²) < 4.78 is 10.4. The minimum absolute atomic E-state index is 0.137. The van der Waals surface area contributed by atoms with Crippen molar-refractivity contribution >= 4 is 17.9 Å². The van der Waals surface area contributed by atoms with Crippen molar-refractivity contribution in [3.05, 3.63) is 12.2 Å². The number of esters is 2. The Labute approximate surface area is 110 Å². The van der Waals surface area contributed by atoms with Gasteiger partial charge in [0.15, 0.2) is 6.10 Å². The lowest BCUT2D eigenvalue weighted by Crippen LogP contribution is -2.51. The minimum atomic E-state index is -1.09. The second-order valence-corrected chi connectivity index (χ2v) is 5.42. The number of carboxylic acids is 1. The third-order valence-corrected chi connectivity index (χ3v) is 3.72. The van der Waals surface area contributed by atoms with Crippen LogP contribution in [-0.2, 0) is 23.9 Å². The van der Waals surface area contributed by atoms with Crippen molar-refractivity contribution in [1.29, 1.82) is 0 Å². The van der Waals surface area contributed by atoms with E-state index in [4.69, 9.17) is 9.47 Å². The molecule has 0 aromatic heterocycles. The first-order chi connectivity index (χ1) is 8.74. The number of ether oxygens (including phenoxy) is 2. The average molecular weight is 268 g/mol. The molecule has 1 saturated carbocycles. The first kappa shape index (κ1) is 13.6. The Bertz CT molecular complexity index is 468. The van der Waals surface area contributed by atoms with E-state index in [-0.39, 0.29) is 12.0 Å². The minimum Gasteiger partial charge on any atom is -0.481 e. The third-order valence-electron chi connectivity index (χ3n) is 3.72. The number of fused-ring (bicyclic) bond motifs is 2. The van der Waals surface area contributed by atoms with Gasteiger partial charge in [0.05, 0.1) is 11.8 Å². The predicted molar refractivity (Wildman–Crippen MR) is 63.0 cm³/mol. The molecular weight excluding hydrogens is 252 g/mol. The topological polar surface area (TPSA) is 89.9 Å². The third kappa shape index (κ3) is 2.22. The Morgan fingerprint density at radius 2 is 2.16 bits per heavy atom. The van der Waals surface area contributed by atoms with Gasteiger partial charge in [-0.2, -0.15) is 0 Å². The van der Waals surface area contributed by atoms with Crippen molar-refractivity contribution in [2.75, 3.05) is 0 Å². The van der Waals surface area contributed by atoms with E-state index < -0.39 is 41.4 Å². The number of rotatable bonds is 3. The van der Waals surface area contributed by atoms with E-state index in [1.807, 2.05) is 0 Å². The lowest BCUT2D eigenvalue weighted by Gasteiger charge is -2.38. The fraction of sp³-hybridized carbons (Fsp3) is 0.615. The number of hydrogen-bond acceptors (Lipinski definition) is 5. The zero-order valence-electron chi connectivity index (χ0n) is 10.8. The molecule has 0 aromatic carbocycles. The smallest absolute Gasteiger partial charge is 0.333 e. The Balaban J connectivity index is 2.29. The van der Waals surface area contributed by atoms with E-state index >= 15 is 0 Å². The van der Waals surface area contributed by atoms with Crippen molar-refractivity contribution in [2.24, 2.45) is 11.8 Å². The summed E-state index contributed by atoms with van der Waals surface area (Å²) in [5.41, 5.74) is -0.882. The van der Waals surface area contributed by atoms with E-state index in [1.165, 1.54) is 6.92 Å². The van der Waals surface area contributed by atoms with Gasteiger partial charge in [0.2, 0.25) is 0 Å². The van der Waals surface area contributed by atoms with Crippen LogP contribution in [0.4, 0.5) is 0 Å². The molecule has 2 bridgehead atoms. The highest BCUT2D eigenvalue weighted by Crippen LogP contribution is 2.46. The SMILES string of the molecule is C=C(C)C(=O)OC1C(C(=O)O)CC2CC1(C)OC2=O. The maximum absolute atomic E-state index is 11.6.